The first kappa shape index (κ1) is 13.5. The summed E-state index contributed by atoms with van der Waals surface area (Å²) in [4.78, 5) is 20.2. The van der Waals surface area contributed by atoms with Crippen molar-refractivity contribution in [2.45, 2.75) is 13.3 Å². The van der Waals surface area contributed by atoms with E-state index in [0.29, 0.717) is 23.6 Å². The molecule has 0 saturated heterocycles. The van der Waals surface area contributed by atoms with Crippen molar-refractivity contribution in [3.05, 3.63) is 58.6 Å². The molecule has 0 spiro atoms. The summed E-state index contributed by atoms with van der Waals surface area (Å²) < 4.78 is 0. The van der Waals surface area contributed by atoms with Crippen LogP contribution in [0.3, 0.4) is 0 Å². The molecule has 0 atom stereocenters. The fourth-order valence-electron chi connectivity index (χ4n) is 1.64. The highest BCUT2D eigenvalue weighted by molar-refractivity contribution is 6.33. The largest absolute Gasteiger partial charge is 0.352 e. The number of pyridine rings is 2. The molecule has 2 aromatic rings. The Labute approximate surface area is 116 Å². The van der Waals surface area contributed by atoms with Gasteiger partial charge in [-0.2, -0.15) is 0 Å². The first-order valence-corrected chi connectivity index (χ1v) is 6.35. The van der Waals surface area contributed by atoms with Crippen LogP contribution in [0.5, 0.6) is 0 Å². The summed E-state index contributed by atoms with van der Waals surface area (Å²) in [6, 6.07) is 7.38. The SMILES string of the molecule is Cc1cc(Cl)c(C(=O)NCCc2ccccn2)cn1. The summed E-state index contributed by atoms with van der Waals surface area (Å²) in [5.74, 6) is -0.214. The molecule has 0 bridgehead atoms. The molecule has 2 rings (SSSR count). The monoisotopic (exact) mass is 275 g/mol. The molecule has 1 N–H and O–H groups in total. The summed E-state index contributed by atoms with van der Waals surface area (Å²) in [5.41, 5.74) is 2.12. The Hall–Kier alpha value is -1.94. The third kappa shape index (κ3) is 3.76. The van der Waals surface area contributed by atoms with Gasteiger partial charge in [-0.15, -0.1) is 0 Å². The molecule has 19 heavy (non-hydrogen) atoms. The molecule has 0 aliphatic carbocycles. The minimum atomic E-state index is -0.214. The fourth-order valence-corrected chi connectivity index (χ4v) is 1.93. The van der Waals surface area contributed by atoms with Crippen molar-refractivity contribution in [1.29, 1.82) is 0 Å². The number of amides is 1. The molecule has 0 aliphatic rings. The fraction of sp³-hybridized carbons (Fsp3) is 0.214. The zero-order valence-corrected chi connectivity index (χ0v) is 11.3. The van der Waals surface area contributed by atoms with Crippen LogP contribution in [0.15, 0.2) is 36.7 Å². The van der Waals surface area contributed by atoms with Crippen molar-refractivity contribution in [3.63, 3.8) is 0 Å². The lowest BCUT2D eigenvalue weighted by Crippen LogP contribution is -2.26. The Morgan fingerprint density at radius 2 is 2.21 bits per heavy atom. The van der Waals surface area contributed by atoms with Crippen molar-refractivity contribution < 1.29 is 4.79 Å². The quantitative estimate of drug-likeness (QED) is 0.932. The Kier molecular flexibility index (Phi) is 4.47. The third-order valence-electron chi connectivity index (χ3n) is 2.63. The van der Waals surface area contributed by atoms with E-state index in [2.05, 4.69) is 15.3 Å². The number of rotatable bonds is 4. The molecule has 0 radical (unpaired) electrons. The van der Waals surface area contributed by atoms with Gasteiger partial charge in [0.25, 0.3) is 5.91 Å². The zero-order chi connectivity index (χ0) is 13.7. The van der Waals surface area contributed by atoms with Crippen molar-refractivity contribution in [2.75, 3.05) is 6.54 Å². The van der Waals surface area contributed by atoms with Crippen molar-refractivity contribution in [2.24, 2.45) is 0 Å². The predicted molar refractivity (Wildman–Crippen MR) is 74.3 cm³/mol. The van der Waals surface area contributed by atoms with E-state index in [1.165, 1.54) is 6.20 Å². The summed E-state index contributed by atoms with van der Waals surface area (Å²) in [5, 5.41) is 3.22. The molecule has 0 fully saturated rings. The third-order valence-corrected chi connectivity index (χ3v) is 2.94. The maximum absolute atomic E-state index is 11.9. The van der Waals surface area contributed by atoms with E-state index in [-0.39, 0.29) is 5.91 Å². The van der Waals surface area contributed by atoms with Crippen LogP contribution in [-0.4, -0.2) is 22.4 Å². The molecule has 0 aliphatic heterocycles. The topological polar surface area (TPSA) is 54.9 Å². The number of carbonyl (C=O) groups is 1. The molecule has 0 aromatic carbocycles. The van der Waals surface area contributed by atoms with Gasteiger partial charge in [0.05, 0.1) is 10.6 Å². The van der Waals surface area contributed by atoms with E-state index >= 15 is 0 Å². The highest BCUT2D eigenvalue weighted by Gasteiger charge is 2.10. The minimum absolute atomic E-state index is 0.214. The summed E-state index contributed by atoms with van der Waals surface area (Å²) in [6.45, 7) is 2.34. The maximum atomic E-state index is 11.9. The van der Waals surface area contributed by atoms with Crippen molar-refractivity contribution in [3.8, 4) is 0 Å². The van der Waals surface area contributed by atoms with Crippen LogP contribution in [0, 0.1) is 6.92 Å². The van der Waals surface area contributed by atoms with Gasteiger partial charge in [-0.25, -0.2) is 0 Å². The second kappa shape index (κ2) is 6.29. The number of halogens is 1. The number of nitrogens with one attached hydrogen (secondary N) is 1. The number of aryl methyl sites for hydroxylation is 1. The first-order chi connectivity index (χ1) is 9.16. The summed E-state index contributed by atoms with van der Waals surface area (Å²) in [7, 11) is 0. The van der Waals surface area contributed by atoms with E-state index in [0.717, 1.165) is 11.4 Å². The Morgan fingerprint density at radius 3 is 2.89 bits per heavy atom. The van der Waals surface area contributed by atoms with Crippen molar-refractivity contribution in [1.82, 2.24) is 15.3 Å². The van der Waals surface area contributed by atoms with Crippen LogP contribution >= 0.6 is 11.6 Å². The number of hydrogen-bond donors (Lipinski definition) is 1. The predicted octanol–water partition coefficient (Wildman–Crippen LogP) is 2.41. The van der Waals surface area contributed by atoms with E-state index in [4.69, 9.17) is 11.6 Å². The second-order valence-corrected chi connectivity index (χ2v) is 4.54. The average molecular weight is 276 g/mol. The minimum Gasteiger partial charge on any atom is -0.352 e. The normalized spacial score (nSPS) is 10.2. The van der Waals surface area contributed by atoms with Crippen molar-refractivity contribution >= 4 is 17.5 Å². The van der Waals surface area contributed by atoms with Gasteiger partial charge in [-0.1, -0.05) is 17.7 Å². The lowest BCUT2D eigenvalue weighted by atomic mass is 10.2. The van der Waals surface area contributed by atoms with Gasteiger partial charge in [-0.3, -0.25) is 14.8 Å². The Bertz CT molecular complexity index is 572. The summed E-state index contributed by atoms with van der Waals surface area (Å²) >= 11 is 6.01. The number of nitrogens with zero attached hydrogens (tertiary/aromatic N) is 2. The smallest absolute Gasteiger partial charge is 0.254 e. The molecule has 0 saturated carbocycles. The van der Waals surface area contributed by atoms with Crippen LogP contribution in [0.1, 0.15) is 21.7 Å². The number of aromatic nitrogens is 2. The number of hydrogen-bond acceptors (Lipinski definition) is 3. The molecule has 0 unspecified atom stereocenters. The van der Waals surface area contributed by atoms with Gasteiger partial charge in [0.2, 0.25) is 0 Å². The molecule has 2 aromatic heterocycles. The molecular weight excluding hydrogens is 262 g/mol. The van der Waals surface area contributed by atoms with Gasteiger partial charge in [-0.05, 0) is 25.1 Å². The van der Waals surface area contributed by atoms with Crippen LogP contribution in [-0.2, 0) is 6.42 Å². The maximum Gasteiger partial charge on any atom is 0.254 e. The van der Waals surface area contributed by atoms with Crippen LogP contribution in [0.2, 0.25) is 5.02 Å². The highest BCUT2D eigenvalue weighted by atomic mass is 35.5. The Balaban J connectivity index is 1.91. The Morgan fingerprint density at radius 1 is 1.37 bits per heavy atom. The first-order valence-electron chi connectivity index (χ1n) is 5.97. The van der Waals surface area contributed by atoms with Gasteiger partial charge in [0.15, 0.2) is 0 Å². The van der Waals surface area contributed by atoms with E-state index in [1.807, 2.05) is 25.1 Å². The summed E-state index contributed by atoms with van der Waals surface area (Å²) in [6.07, 6.45) is 3.91. The lowest BCUT2D eigenvalue weighted by molar-refractivity contribution is 0.0954. The van der Waals surface area contributed by atoms with Crippen LogP contribution in [0.25, 0.3) is 0 Å². The average Bonchev–Trinajstić information content (AvgIpc) is 2.39. The van der Waals surface area contributed by atoms with Crippen LogP contribution in [0.4, 0.5) is 0 Å². The lowest BCUT2D eigenvalue weighted by Gasteiger charge is -2.06. The molecular formula is C14H14ClN3O. The molecule has 5 heteroatoms. The molecule has 1 amide bonds. The molecule has 2 heterocycles. The van der Waals surface area contributed by atoms with Gasteiger partial charge < -0.3 is 5.32 Å². The van der Waals surface area contributed by atoms with E-state index in [1.54, 1.807) is 12.3 Å². The number of carbonyl (C=O) groups excluding carboxylic acids is 1. The molecule has 98 valence electrons. The van der Waals surface area contributed by atoms with Gasteiger partial charge in [0.1, 0.15) is 0 Å². The standard InChI is InChI=1S/C14H14ClN3O/c1-10-8-13(15)12(9-18-10)14(19)17-7-5-11-4-2-3-6-16-11/h2-4,6,8-9H,5,7H2,1H3,(H,17,19). The van der Waals surface area contributed by atoms with E-state index in [9.17, 15) is 4.79 Å². The van der Waals surface area contributed by atoms with E-state index < -0.39 is 0 Å². The van der Waals surface area contributed by atoms with Gasteiger partial charge in [0, 0.05) is 36.7 Å². The second-order valence-electron chi connectivity index (χ2n) is 4.13. The zero-order valence-electron chi connectivity index (χ0n) is 10.6. The molecule has 4 nitrogen and oxygen atoms in total. The van der Waals surface area contributed by atoms with Crippen LogP contribution < -0.4 is 5.32 Å². The highest BCUT2D eigenvalue weighted by Crippen LogP contribution is 2.15. The van der Waals surface area contributed by atoms with Gasteiger partial charge >= 0.3 is 0 Å².